The Kier molecular flexibility index (Phi) is 5.62. The smallest absolute Gasteiger partial charge is 0.416 e. The third-order valence-electron chi connectivity index (χ3n) is 5.07. The van der Waals surface area contributed by atoms with E-state index in [2.05, 4.69) is 23.7 Å². The second-order valence-electron chi connectivity index (χ2n) is 6.79. The van der Waals surface area contributed by atoms with Crippen molar-refractivity contribution in [3.05, 3.63) is 33.6 Å². The van der Waals surface area contributed by atoms with Crippen molar-refractivity contribution in [3.8, 4) is 0 Å². The molecule has 1 saturated heterocycles. The van der Waals surface area contributed by atoms with Crippen LogP contribution in [-0.4, -0.2) is 53.2 Å². The van der Waals surface area contributed by atoms with Crippen LogP contribution < -0.4 is 10.5 Å². The number of aromatic nitrogens is 1. The lowest BCUT2D eigenvalue weighted by Crippen LogP contribution is -2.49. The van der Waals surface area contributed by atoms with Gasteiger partial charge < -0.3 is 10.0 Å². The molecule has 3 rings (SSSR count). The Balaban J connectivity index is 2.02. The number of nitrogens with zero attached hydrogens (tertiary/aromatic N) is 3. The van der Waals surface area contributed by atoms with Gasteiger partial charge in [0.25, 0.3) is 5.56 Å². The first kappa shape index (κ1) is 20.5. The van der Waals surface area contributed by atoms with Crippen molar-refractivity contribution in [1.29, 1.82) is 0 Å². The van der Waals surface area contributed by atoms with Gasteiger partial charge in [0.15, 0.2) is 5.13 Å². The minimum Gasteiger partial charge on any atom is -0.478 e. The lowest BCUT2D eigenvalue weighted by molar-refractivity contribution is -0.137. The van der Waals surface area contributed by atoms with Crippen molar-refractivity contribution >= 4 is 32.5 Å². The topological polar surface area (TPSA) is 73.7 Å². The second-order valence-corrected chi connectivity index (χ2v) is 7.76. The fourth-order valence-electron chi connectivity index (χ4n) is 3.23. The Labute approximate surface area is 163 Å². The van der Waals surface area contributed by atoms with E-state index in [9.17, 15) is 27.9 Å². The SMILES string of the molecule is CCC(C)N1CCN(c2nc(=O)c3cc(C(F)(F)F)cc(C(=O)O)c3s2)CC1. The fourth-order valence-corrected chi connectivity index (χ4v) is 4.36. The average Bonchev–Trinajstić information content (AvgIpc) is 2.65. The highest BCUT2D eigenvalue weighted by Crippen LogP contribution is 2.35. The van der Waals surface area contributed by atoms with Crippen molar-refractivity contribution in [3.63, 3.8) is 0 Å². The molecule has 0 aliphatic carbocycles. The number of hydrogen-bond acceptors (Lipinski definition) is 6. The zero-order chi connectivity index (χ0) is 20.6. The zero-order valence-electron chi connectivity index (χ0n) is 15.4. The van der Waals surface area contributed by atoms with Crippen LogP contribution in [0.15, 0.2) is 16.9 Å². The van der Waals surface area contributed by atoms with Crippen molar-refractivity contribution < 1.29 is 23.1 Å². The van der Waals surface area contributed by atoms with E-state index in [1.54, 1.807) is 0 Å². The highest BCUT2D eigenvalue weighted by atomic mass is 32.1. The molecule has 6 nitrogen and oxygen atoms in total. The van der Waals surface area contributed by atoms with E-state index in [-0.39, 0.29) is 10.1 Å². The number of carboxylic acids is 1. The van der Waals surface area contributed by atoms with E-state index in [1.807, 2.05) is 4.90 Å². The molecular weight excluding hydrogens is 395 g/mol. The van der Waals surface area contributed by atoms with Crippen LogP contribution in [0.3, 0.4) is 0 Å². The summed E-state index contributed by atoms with van der Waals surface area (Å²) in [6.45, 7) is 7.02. The predicted molar refractivity (Wildman–Crippen MR) is 101 cm³/mol. The number of fused-ring (bicyclic) bond motifs is 1. The van der Waals surface area contributed by atoms with Crippen LogP contribution in [0.2, 0.25) is 0 Å². The van der Waals surface area contributed by atoms with Crippen molar-refractivity contribution in [1.82, 2.24) is 9.88 Å². The summed E-state index contributed by atoms with van der Waals surface area (Å²) in [6, 6.07) is 1.69. The van der Waals surface area contributed by atoms with Crippen LogP contribution in [0.1, 0.15) is 36.2 Å². The number of alkyl halides is 3. The molecule has 0 saturated carbocycles. The predicted octanol–water partition coefficient (Wildman–Crippen LogP) is 3.29. The van der Waals surface area contributed by atoms with Gasteiger partial charge in [-0.3, -0.25) is 9.69 Å². The maximum atomic E-state index is 13.1. The average molecular weight is 415 g/mol. The van der Waals surface area contributed by atoms with Gasteiger partial charge in [-0.25, -0.2) is 4.79 Å². The number of piperazine rings is 1. The summed E-state index contributed by atoms with van der Waals surface area (Å²) in [5.74, 6) is -1.51. The van der Waals surface area contributed by atoms with Gasteiger partial charge in [0.05, 0.1) is 21.2 Å². The summed E-state index contributed by atoms with van der Waals surface area (Å²) >= 11 is 0.945. The second kappa shape index (κ2) is 7.67. The normalized spacial score (nSPS) is 17.1. The molecule has 0 amide bonds. The summed E-state index contributed by atoms with van der Waals surface area (Å²) in [6.07, 6.45) is -3.73. The number of benzene rings is 1. The van der Waals surface area contributed by atoms with E-state index in [0.29, 0.717) is 36.4 Å². The molecule has 1 aliphatic rings. The monoisotopic (exact) mass is 415 g/mol. The highest BCUT2D eigenvalue weighted by Gasteiger charge is 2.33. The summed E-state index contributed by atoms with van der Waals surface area (Å²) in [4.78, 5) is 32.1. The van der Waals surface area contributed by atoms with E-state index in [4.69, 9.17) is 0 Å². The first-order chi connectivity index (χ1) is 13.1. The molecule has 2 aromatic rings. The summed E-state index contributed by atoms with van der Waals surface area (Å²) < 4.78 is 39.2. The molecule has 1 fully saturated rings. The molecule has 28 heavy (non-hydrogen) atoms. The first-order valence-electron chi connectivity index (χ1n) is 8.90. The van der Waals surface area contributed by atoms with Gasteiger partial charge in [0.2, 0.25) is 0 Å². The quantitative estimate of drug-likeness (QED) is 0.826. The van der Waals surface area contributed by atoms with Crippen molar-refractivity contribution in [2.24, 2.45) is 0 Å². The van der Waals surface area contributed by atoms with E-state index < -0.39 is 28.8 Å². The zero-order valence-corrected chi connectivity index (χ0v) is 16.2. The van der Waals surface area contributed by atoms with Gasteiger partial charge in [0, 0.05) is 32.2 Å². The largest absolute Gasteiger partial charge is 0.478 e. The summed E-state index contributed by atoms with van der Waals surface area (Å²) in [5, 5.41) is 9.40. The number of halogens is 3. The van der Waals surface area contributed by atoms with Crippen LogP contribution in [-0.2, 0) is 6.18 Å². The van der Waals surface area contributed by atoms with Crippen molar-refractivity contribution in [2.45, 2.75) is 32.5 Å². The minimum absolute atomic E-state index is 0.0138. The van der Waals surface area contributed by atoms with Crippen LogP contribution in [0.25, 0.3) is 10.1 Å². The molecule has 0 spiro atoms. The standard InChI is InChI=1S/C18H20F3N3O3S/c1-3-10(2)23-4-6-24(7-5-23)17-22-15(25)12-8-11(18(19,20)21)9-13(16(26)27)14(12)28-17/h8-10H,3-7H2,1-2H3,(H,26,27). The summed E-state index contributed by atoms with van der Waals surface area (Å²) in [5.41, 5.74) is -2.55. The Morgan fingerprint density at radius 3 is 2.46 bits per heavy atom. The number of hydrogen-bond donors (Lipinski definition) is 1. The van der Waals surface area contributed by atoms with Gasteiger partial charge in [-0.2, -0.15) is 18.2 Å². The molecule has 1 N–H and O–H groups in total. The Morgan fingerprint density at radius 1 is 1.29 bits per heavy atom. The third kappa shape index (κ3) is 3.97. The molecule has 10 heteroatoms. The first-order valence-corrected chi connectivity index (χ1v) is 9.71. The van der Waals surface area contributed by atoms with Gasteiger partial charge in [-0.05, 0) is 25.5 Å². The van der Waals surface area contributed by atoms with Gasteiger partial charge >= 0.3 is 12.1 Å². The molecule has 0 bridgehead atoms. The van der Waals surface area contributed by atoms with Crippen molar-refractivity contribution in [2.75, 3.05) is 31.1 Å². The molecule has 0 radical (unpaired) electrons. The molecule has 152 valence electrons. The maximum absolute atomic E-state index is 13.1. The molecule has 2 heterocycles. The fraction of sp³-hybridized carbons (Fsp3) is 0.500. The van der Waals surface area contributed by atoms with E-state index in [0.717, 1.165) is 30.8 Å². The minimum atomic E-state index is -4.75. The third-order valence-corrected chi connectivity index (χ3v) is 6.24. The van der Waals surface area contributed by atoms with Gasteiger partial charge in [0.1, 0.15) is 0 Å². The van der Waals surface area contributed by atoms with Crippen LogP contribution in [0.5, 0.6) is 0 Å². The maximum Gasteiger partial charge on any atom is 0.416 e. The van der Waals surface area contributed by atoms with Crippen LogP contribution in [0.4, 0.5) is 18.3 Å². The number of rotatable bonds is 4. The molecule has 1 aromatic carbocycles. The number of anilines is 1. The number of aromatic carboxylic acids is 1. The molecular formula is C18H20F3N3O3S. The van der Waals surface area contributed by atoms with E-state index >= 15 is 0 Å². The molecule has 1 unspecified atom stereocenters. The van der Waals surface area contributed by atoms with Gasteiger partial charge in [-0.1, -0.05) is 18.3 Å². The molecule has 1 aromatic heterocycles. The van der Waals surface area contributed by atoms with Gasteiger partial charge in [-0.15, -0.1) is 0 Å². The Morgan fingerprint density at radius 2 is 1.93 bits per heavy atom. The van der Waals surface area contributed by atoms with Crippen LogP contribution in [0, 0.1) is 0 Å². The number of carboxylic acid groups (broad SMARTS) is 1. The van der Waals surface area contributed by atoms with E-state index in [1.165, 1.54) is 0 Å². The summed E-state index contributed by atoms with van der Waals surface area (Å²) in [7, 11) is 0. The molecule has 1 aliphatic heterocycles. The van der Waals surface area contributed by atoms with Crippen LogP contribution >= 0.6 is 11.3 Å². The Bertz CT molecular complexity index is 953. The molecule has 1 atom stereocenters. The lowest BCUT2D eigenvalue weighted by atomic mass is 10.1. The highest BCUT2D eigenvalue weighted by molar-refractivity contribution is 7.22. The number of carbonyl (C=O) groups is 1. The Hall–Kier alpha value is -2.20. The lowest BCUT2D eigenvalue weighted by Gasteiger charge is -2.38.